The number of ether oxygens (including phenoxy) is 2. The van der Waals surface area contributed by atoms with E-state index < -0.39 is 6.10 Å². The van der Waals surface area contributed by atoms with Crippen LogP contribution in [0.3, 0.4) is 0 Å². The molecule has 0 saturated carbocycles. The van der Waals surface area contributed by atoms with Gasteiger partial charge in [-0.3, -0.25) is 4.79 Å². The Morgan fingerprint density at radius 2 is 1.95 bits per heavy atom. The van der Waals surface area contributed by atoms with Crippen LogP contribution in [0.5, 0.6) is 5.75 Å². The Balaban J connectivity index is 2.39. The number of rotatable bonds is 9. The Bertz CT molecular complexity index is 418. The van der Waals surface area contributed by atoms with Crippen LogP contribution in [0.1, 0.15) is 25.8 Å². The molecule has 1 amide bonds. The summed E-state index contributed by atoms with van der Waals surface area (Å²) >= 11 is 0. The maximum atomic E-state index is 11.8. The van der Waals surface area contributed by atoms with E-state index in [2.05, 4.69) is 5.32 Å². The van der Waals surface area contributed by atoms with E-state index in [0.29, 0.717) is 18.9 Å². The van der Waals surface area contributed by atoms with Gasteiger partial charge in [-0.25, -0.2) is 0 Å². The van der Waals surface area contributed by atoms with Crippen molar-refractivity contribution >= 4 is 5.91 Å². The summed E-state index contributed by atoms with van der Waals surface area (Å²) < 4.78 is 10.5. The average molecular weight is 294 g/mol. The first-order valence-corrected chi connectivity index (χ1v) is 7.30. The molecule has 1 aromatic rings. The van der Waals surface area contributed by atoms with Crippen LogP contribution in [-0.4, -0.2) is 38.3 Å². The van der Waals surface area contributed by atoms with Crippen LogP contribution in [0.15, 0.2) is 24.3 Å². The molecule has 0 aliphatic heterocycles. The highest BCUT2D eigenvalue weighted by Gasteiger charge is 2.13. The third-order valence-electron chi connectivity index (χ3n) is 2.99. The zero-order valence-corrected chi connectivity index (χ0v) is 13.1. The van der Waals surface area contributed by atoms with E-state index in [1.165, 1.54) is 0 Å². The fourth-order valence-electron chi connectivity index (χ4n) is 1.91. The van der Waals surface area contributed by atoms with E-state index in [4.69, 9.17) is 15.2 Å². The van der Waals surface area contributed by atoms with Gasteiger partial charge in [-0.15, -0.1) is 0 Å². The average Bonchev–Trinajstić information content (AvgIpc) is 2.45. The summed E-state index contributed by atoms with van der Waals surface area (Å²) in [4.78, 5) is 11.8. The van der Waals surface area contributed by atoms with Gasteiger partial charge in [0.2, 0.25) is 0 Å². The van der Waals surface area contributed by atoms with Crippen molar-refractivity contribution in [1.29, 1.82) is 0 Å². The van der Waals surface area contributed by atoms with Crippen LogP contribution in [0, 0.1) is 0 Å². The number of carbonyl (C=O) groups excluding carboxylic acids is 1. The normalized spacial score (nSPS) is 13.5. The molecule has 0 aromatic heterocycles. The van der Waals surface area contributed by atoms with Gasteiger partial charge in [0, 0.05) is 26.3 Å². The molecule has 0 aliphatic rings. The Labute approximate surface area is 126 Å². The van der Waals surface area contributed by atoms with Gasteiger partial charge in [-0.05, 0) is 44.4 Å². The van der Waals surface area contributed by atoms with E-state index in [0.717, 1.165) is 18.4 Å². The first-order chi connectivity index (χ1) is 10.0. The van der Waals surface area contributed by atoms with E-state index >= 15 is 0 Å². The Morgan fingerprint density at radius 3 is 2.52 bits per heavy atom. The minimum atomic E-state index is -0.521. The molecule has 0 bridgehead atoms. The monoisotopic (exact) mass is 294 g/mol. The van der Waals surface area contributed by atoms with E-state index in [-0.39, 0.29) is 11.9 Å². The summed E-state index contributed by atoms with van der Waals surface area (Å²) in [6.07, 6.45) is 1.10. The van der Waals surface area contributed by atoms with Gasteiger partial charge in [0.1, 0.15) is 5.75 Å². The number of benzene rings is 1. The number of hydrogen-bond donors (Lipinski definition) is 2. The number of nitrogens with one attached hydrogen (secondary N) is 1. The third kappa shape index (κ3) is 7.11. The second kappa shape index (κ2) is 9.37. The number of carbonyl (C=O) groups is 1. The van der Waals surface area contributed by atoms with Gasteiger partial charge in [-0.1, -0.05) is 12.1 Å². The molecule has 118 valence electrons. The van der Waals surface area contributed by atoms with Gasteiger partial charge in [0.15, 0.2) is 6.10 Å². The summed E-state index contributed by atoms with van der Waals surface area (Å²) in [6.45, 7) is 4.94. The predicted molar refractivity (Wildman–Crippen MR) is 83.4 cm³/mol. The second-order valence-corrected chi connectivity index (χ2v) is 5.22. The summed E-state index contributed by atoms with van der Waals surface area (Å²) in [6, 6.07) is 7.82. The van der Waals surface area contributed by atoms with Gasteiger partial charge >= 0.3 is 0 Å². The summed E-state index contributed by atoms with van der Waals surface area (Å²) in [5.41, 5.74) is 6.92. The fourth-order valence-corrected chi connectivity index (χ4v) is 1.91. The first kappa shape index (κ1) is 17.5. The van der Waals surface area contributed by atoms with Crippen molar-refractivity contribution in [3.05, 3.63) is 29.8 Å². The quantitative estimate of drug-likeness (QED) is 0.677. The minimum absolute atomic E-state index is 0.120. The lowest BCUT2D eigenvalue weighted by molar-refractivity contribution is -0.127. The van der Waals surface area contributed by atoms with Crippen LogP contribution < -0.4 is 15.8 Å². The molecule has 3 N–H and O–H groups in total. The van der Waals surface area contributed by atoms with E-state index in [1.807, 2.05) is 31.2 Å². The minimum Gasteiger partial charge on any atom is -0.481 e. The van der Waals surface area contributed by atoms with Crippen molar-refractivity contribution in [1.82, 2.24) is 5.32 Å². The van der Waals surface area contributed by atoms with Gasteiger partial charge in [-0.2, -0.15) is 0 Å². The molecule has 0 aliphatic carbocycles. The zero-order valence-electron chi connectivity index (χ0n) is 13.1. The maximum absolute atomic E-state index is 11.8. The molecule has 0 radical (unpaired) electrons. The second-order valence-electron chi connectivity index (χ2n) is 5.22. The molecule has 2 atom stereocenters. The van der Waals surface area contributed by atoms with E-state index in [9.17, 15) is 4.79 Å². The zero-order chi connectivity index (χ0) is 15.7. The third-order valence-corrected chi connectivity index (χ3v) is 2.99. The maximum Gasteiger partial charge on any atom is 0.260 e. The molecule has 1 aromatic carbocycles. The standard InChI is InChI=1S/C16H26N2O3/c1-12(17)11-14-5-7-15(8-6-14)21-13(2)16(19)18-9-4-10-20-3/h5-8,12-13H,4,9-11,17H2,1-3H3,(H,18,19). The molecular formula is C16H26N2O3. The molecule has 0 saturated heterocycles. The lowest BCUT2D eigenvalue weighted by atomic mass is 10.1. The molecular weight excluding hydrogens is 268 g/mol. The van der Waals surface area contributed by atoms with Crippen LogP contribution >= 0.6 is 0 Å². The number of methoxy groups -OCH3 is 1. The lowest BCUT2D eigenvalue weighted by Gasteiger charge is -2.15. The van der Waals surface area contributed by atoms with Gasteiger partial charge in [0.05, 0.1) is 0 Å². The highest BCUT2D eigenvalue weighted by Crippen LogP contribution is 2.14. The van der Waals surface area contributed by atoms with Crippen LogP contribution in [0.2, 0.25) is 0 Å². The first-order valence-electron chi connectivity index (χ1n) is 7.30. The highest BCUT2D eigenvalue weighted by molar-refractivity contribution is 5.80. The molecule has 5 heteroatoms. The van der Waals surface area contributed by atoms with Crippen molar-refractivity contribution in [3.8, 4) is 5.75 Å². The highest BCUT2D eigenvalue weighted by atomic mass is 16.5. The van der Waals surface area contributed by atoms with Crippen molar-refractivity contribution in [2.75, 3.05) is 20.3 Å². The molecule has 0 spiro atoms. The van der Waals surface area contributed by atoms with Crippen molar-refractivity contribution in [3.63, 3.8) is 0 Å². The lowest BCUT2D eigenvalue weighted by Crippen LogP contribution is -2.37. The van der Waals surface area contributed by atoms with E-state index in [1.54, 1.807) is 14.0 Å². The number of nitrogens with two attached hydrogens (primary N) is 1. The smallest absolute Gasteiger partial charge is 0.260 e. The Kier molecular flexibility index (Phi) is 7.79. The van der Waals surface area contributed by atoms with Crippen molar-refractivity contribution < 1.29 is 14.3 Å². The van der Waals surface area contributed by atoms with Crippen LogP contribution in [0.25, 0.3) is 0 Å². The SMILES string of the molecule is COCCCNC(=O)C(C)Oc1ccc(CC(C)N)cc1. The summed E-state index contributed by atoms with van der Waals surface area (Å²) in [5, 5.41) is 2.81. The van der Waals surface area contributed by atoms with Gasteiger partial charge < -0.3 is 20.5 Å². The topological polar surface area (TPSA) is 73.6 Å². The van der Waals surface area contributed by atoms with Gasteiger partial charge in [0.25, 0.3) is 5.91 Å². The van der Waals surface area contributed by atoms with Crippen LogP contribution in [-0.2, 0) is 16.0 Å². The van der Waals surface area contributed by atoms with Crippen LogP contribution in [0.4, 0.5) is 0 Å². The molecule has 21 heavy (non-hydrogen) atoms. The molecule has 2 unspecified atom stereocenters. The number of amides is 1. The summed E-state index contributed by atoms with van der Waals surface area (Å²) in [5.74, 6) is 0.564. The predicted octanol–water partition coefficient (Wildman–Crippen LogP) is 1.50. The molecule has 0 heterocycles. The van der Waals surface area contributed by atoms with Crippen molar-refractivity contribution in [2.45, 2.75) is 38.8 Å². The molecule has 5 nitrogen and oxygen atoms in total. The van der Waals surface area contributed by atoms with Crippen molar-refractivity contribution in [2.24, 2.45) is 5.73 Å². The summed E-state index contributed by atoms with van der Waals surface area (Å²) in [7, 11) is 1.64. The fraction of sp³-hybridized carbons (Fsp3) is 0.562. The Hall–Kier alpha value is -1.59. The molecule has 1 rings (SSSR count). The number of hydrogen-bond acceptors (Lipinski definition) is 4. The Morgan fingerprint density at radius 1 is 1.29 bits per heavy atom. The largest absolute Gasteiger partial charge is 0.481 e. The molecule has 0 fully saturated rings.